The van der Waals surface area contributed by atoms with Crippen molar-refractivity contribution in [3.8, 4) is 11.8 Å². The topological polar surface area (TPSA) is 9.23 Å². The molecule has 3 aliphatic carbocycles. The Balaban J connectivity index is 1.32. The summed E-state index contributed by atoms with van der Waals surface area (Å²) in [5.74, 6) is 11.9. The van der Waals surface area contributed by atoms with Crippen LogP contribution < -0.4 is 0 Å². The zero-order valence-electron chi connectivity index (χ0n) is 18.2. The molecule has 0 spiro atoms. The molecule has 3 aliphatic rings. The minimum absolute atomic E-state index is 0.546. The normalized spacial score (nSPS) is 37.4. The highest BCUT2D eigenvalue weighted by molar-refractivity contribution is 5.09. The van der Waals surface area contributed by atoms with E-state index in [4.69, 9.17) is 4.74 Å². The number of methoxy groups -OCH3 is 1. The smallest absolute Gasteiger partial charge is 0.0571 e. The summed E-state index contributed by atoms with van der Waals surface area (Å²) in [6.07, 6.45) is 22.9. The molecule has 1 nitrogen and oxygen atoms in total. The Bertz CT molecular complexity index is 448. The molecular weight excluding hydrogens is 328 g/mol. The van der Waals surface area contributed by atoms with Gasteiger partial charge in [-0.25, -0.2) is 0 Å². The third kappa shape index (κ3) is 6.81. The van der Waals surface area contributed by atoms with E-state index in [2.05, 4.69) is 18.8 Å². The molecule has 0 unspecified atom stereocenters. The summed E-state index contributed by atoms with van der Waals surface area (Å²) in [5, 5.41) is 0. The van der Waals surface area contributed by atoms with Gasteiger partial charge >= 0.3 is 0 Å². The van der Waals surface area contributed by atoms with Crippen LogP contribution in [0.2, 0.25) is 0 Å². The van der Waals surface area contributed by atoms with Crippen molar-refractivity contribution in [3.63, 3.8) is 0 Å². The molecule has 0 bridgehead atoms. The highest BCUT2D eigenvalue weighted by atomic mass is 16.5. The maximum Gasteiger partial charge on any atom is 0.0571 e. The van der Waals surface area contributed by atoms with Gasteiger partial charge in [0.2, 0.25) is 0 Å². The van der Waals surface area contributed by atoms with E-state index in [-0.39, 0.29) is 0 Å². The fourth-order valence-corrected chi connectivity index (χ4v) is 6.04. The van der Waals surface area contributed by atoms with Gasteiger partial charge in [0, 0.05) is 18.9 Å². The standard InChI is InChI=1S/C26H44O/c1-3-4-5-6-21-7-9-22(10-8-21)11-12-23-13-15-24(16-14-23)25-17-19-26(27-2)20-18-25/h21-26H,3-10,13-20H2,1-2H3. The first-order valence-electron chi connectivity index (χ1n) is 12.3. The van der Waals surface area contributed by atoms with Crippen LogP contribution >= 0.6 is 0 Å². The largest absolute Gasteiger partial charge is 0.381 e. The Hall–Kier alpha value is -0.480. The molecule has 0 saturated heterocycles. The molecule has 154 valence electrons. The van der Waals surface area contributed by atoms with Gasteiger partial charge in [0.05, 0.1) is 6.10 Å². The van der Waals surface area contributed by atoms with Crippen LogP contribution in [0.15, 0.2) is 0 Å². The van der Waals surface area contributed by atoms with Crippen LogP contribution in [0.5, 0.6) is 0 Å². The molecule has 0 radical (unpaired) electrons. The average Bonchev–Trinajstić information content (AvgIpc) is 2.74. The van der Waals surface area contributed by atoms with Crippen molar-refractivity contribution < 1.29 is 4.74 Å². The first-order valence-corrected chi connectivity index (χ1v) is 12.3. The maximum atomic E-state index is 5.55. The molecule has 0 heterocycles. The minimum Gasteiger partial charge on any atom is -0.381 e. The Morgan fingerprint density at radius 2 is 1.19 bits per heavy atom. The van der Waals surface area contributed by atoms with Crippen LogP contribution in [-0.4, -0.2) is 13.2 Å². The van der Waals surface area contributed by atoms with Gasteiger partial charge in [0.1, 0.15) is 0 Å². The molecule has 27 heavy (non-hydrogen) atoms. The molecule has 0 aromatic rings. The van der Waals surface area contributed by atoms with Gasteiger partial charge in [-0.15, -0.1) is 0 Å². The fourth-order valence-electron chi connectivity index (χ4n) is 6.04. The zero-order valence-corrected chi connectivity index (χ0v) is 18.2. The summed E-state index contributed by atoms with van der Waals surface area (Å²) in [6.45, 7) is 2.31. The molecule has 0 N–H and O–H groups in total. The van der Waals surface area contributed by atoms with Crippen LogP contribution in [0, 0.1) is 41.4 Å². The highest BCUT2D eigenvalue weighted by Crippen LogP contribution is 2.40. The lowest BCUT2D eigenvalue weighted by atomic mass is 9.70. The predicted octanol–water partition coefficient (Wildman–Crippen LogP) is 7.39. The minimum atomic E-state index is 0.546. The fraction of sp³-hybridized carbons (Fsp3) is 0.923. The van der Waals surface area contributed by atoms with Crippen molar-refractivity contribution >= 4 is 0 Å². The van der Waals surface area contributed by atoms with Crippen LogP contribution in [0.25, 0.3) is 0 Å². The summed E-state index contributed by atoms with van der Waals surface area (Å²) in [7, 11) is 1.88. The second-order valence-electron chi connectivity index (χ2n) is 9.89. The van der Waals surface area contributed by atoms with E-state index < -0.39 is 0 Å². The van der Waals surface area contributed by atoms with Gasteiger partial charge in [0.15, 0.2) is 0 Å². The van der Waals surface area contributed by atoms with E-state index in [0.29, 0.717) is 12.0 Å². The summed E-state index contributed by atoms with van der Waals surface area (Å²) < 4.78 is 5.55. The third-order valence-electron chi connectivity index (χ3n) is 8.04. The molecule has 3 fully saturated rings. The molecule has 0 amide bonds. The summed E-state index contributed by atoms with van der Waals surface area (Å²) >= 11 is 0. The van der Waals surface area contributed by atoms with E-state index in [1.165, 1.54) is 103 Å². The lowest BCUT2D eigenvalue weighted by Gasteiger charge is -2.36. The first-order chi connectivity index (χ1) is 13.3. The number of rotatable bonds is 6. The molecule has 3 rings (SSSR count). The Morgan fingerprint density at radius 1 is 0.667 bits per heavy atom. The van der Waals surface area contributed by atoms with Gasteiger partial charge in [-0.05, 0) is 94.8 Å². The van der Waals surface area contributed by atoms with Gasteiger partial charge in [-0.3, -0.25) is 0 Å². The average molecular weight is 373 g/mol. The van der Waals surface area contributed by atoms with Crippen LogP contribution in [0.4, 0.5) is 0 Å². The van der Waals surface area contributed by atoms with Gasteiger partial charge in [0.25, 0.3) is 0 Å². The van der Waals surface area contributed by atoms with E-state index >= 15 is 0 Å². The van der Waals surface area contributed by atoms with E-state index in [1.54, 1.807) is 0 Å². The number of hydrogen-bond acceptors (Lipinski definition) is 1. The van der Waals surface area contributed by atoms with Crippen molar-refractivity contribution in [1.29, 1.82) is 0 Å². The maximum absolute atomic E-state index is 5.55. The van der Waals surface area contributed by atoms with E-state index in [0.717, 1.165) is 23.7 Å². The van der Waals surface area contributed by atoms with Gasteiger partial charge in [-0.1, -0.05) is 44.4 Å². The first kappa shape index (κ1) is 21.2. The van der Waals surface area contributed by atoms with E-state index in [9.17, 15) is 0 Å². The van der Waals surface area contributed by atoms with Crippen LogP contribution in [-0.2, 0) is 4.74 Å². The second-order valence-corrected chi connectivity index (χ2v) is 9.89. The van der Waals surface area contributed by atoms with Gasteiger partial charge in [-0.2, -0.15) is 0 Å². The van der Waals surface area contributed by atoms with Crippen molar-refractivity contribution in [2.45, 2.75) is 116 Å². The number of unbranched alkanes of at least 4 members (excludes halogenated alkanes) is 2. The van der Waals surface area contributed by atoms with Gasteiger partial charge < -0.3 is 4.74 Å². The predicted molar refractivity (Wildman–Crippen MR) is 116 cm³/mol. The molecule has 0 aromatic carbocycles. The molecule has 3 saturated carbocycles. The van der Waals surface area contributed by atoms with Crippen molar-refractivity contribution in [2.24, 2.45) is 29.6 Å². The lowest BCUT2D eigenvalue weighted by molar-refractivity contribution is 0.0406. The Labute approximate surface area is 169 Å². The SMILES string of the molecule is CCCCCC1CCC(C#CC2CCC(C3CCC(OC)CC3)CC2)CC1. The zero-order chi connectivity index (χ0) is 18.9. The molecule has 0 aliphatic heterocycles. The van der Waals surface area contributed by atoms with Crippen molar-refractivity contribution in [1.82, 2.24) is 0 Å². The second kappa shape index (κ2) is 11.5. The molecule has 0 atom stereocenters. The number of hydrogen-bond donors (Lipinski definition) is 0. The summed E-state index contributed by atoms with van der Waals surface area (Å²) in [4.78, 5) is 0. The van der Waals surface area contributed by atoms with Crippen LogP contribution in [0.1, 0.15) is 110 Å². The monoisotopic (exact) mass is 372 g/mol. The van der Waals surface area contributed by atoms with Crippen LogP contribution in [0.3, 0.4) is 0 Å². The lowest BCUT2D eigenvalue weighted by Crippen LogP contribution is -2.28. The van der Waals surface area contributed by atoms with E-state index in [1.807, 2.05) is 7.11 Å². The molecular formula is C26H44O. The quantitative estimate of drug-likeness (QED) is 0.349. The van der Waals surface area contributed by atoms with Crippen molar-refractivity contribution in [3.05, 3.63) is 0 Å². The summed E-state index contributed by atoms with van der Waals surface area (Å²) in [6, 6.07) is 0. The highest BCUT2D eigenvalue weighted by Gasteiger charge is 2.30. The third-order valence-corrected chi connectivity index (χ3v) is 8.04. The molecule has 1 heteroatoms. The Kier molecular flexibility index (Phi) is 9.05. The number of ether oxygens (including phenoxy) is 1. The van der Waals surface area contributed by atoms with Crippen molar-refractivity contribution in [2.75, 3.05) is 7.11 Å². The molecule has 0 aromatic heterocycles. The summed E-state index contributed by atoms with van der Waals surface area (Å²) in [5.41, 5.74) is 0. The Morgan fingerprint density at radius 3 is 1.70 bits per heavy atom.